The van der Waals surface area contributed by atoms with E-state index in [0.29, 0.717) is 11.8 Å². The van der Waals surface area contributed by atoms with E-state index in [1.165, 1.54) is 0 Å². The van der Waals surface area contributed by atoms with Crippen molar-refractivity contribution < 1.29 is 9.53 Å². The number of thioether (sulfide) groups is 1. The van der Waals surface area contributed by atoms with Gasteiger partial charge < -0.3 is 10.1 Å². The lowest BCUT2D eigenvalue weighted by molar-refractivity contribution is 0.0484. The summed E-state index contributed by atoms with van der Waals surface area (Å²) >= 11 is 5.35. The number of alkyl carbamates (subject to hydrolysis) is 1. The summed E-state index contributed by atoms with van der Waals surface area (Å²) in [4.78, 5) is 16.7. The van der Waals surface area contributed by atoms with Gasteiger partial charge in [-0.1, -0.05) is 0 Å². The second-order valence-electron chi connectivity index (χ2n) is 6.61. The molecule has 1 amide bonds. The predicted molar refractivity (Wildman–Crippen MR) is 87.3 cm³/mol. The van der Waals surface area contributed by atoms with Gasteiger partial charge in [-0.3, -0.25) is 4.98 Å². The van der Waals surface area contributed by atoms with Crippen molar-refractivity contribution in [3.05, 3.63) is 28.5 Å². The van der Waals surface area contributed by atoms with Gasteiger partial charge in [0.05, 0.1) is 11.2 Å². The first-order valence-corrected chi connectivity index (χ1v) is 8.98. The van der Waals surface area contributed by atoms with Crippen LogP contribution in [0.5, 0.6) is 0 Å². The van der Waals surface area contributed by atoms with Crippen molar-refractivity contribution in [3.63, 3.8) is 0 Å². The number of ether oxygens (including phenoxy) is 1. The molecule has 1 N–H and O–H groups in total. The van der Waals surface area contributed by atoms with Gasteiger partial charge in [0, 0.05) is 22.5 Å². The van der Waals surface area contributed by atoms with Crippen LogP contribution in [0.3, 0.4) is 0 Å². The molecule has 0 aromatic carbocycles. The third kappa shape index (κ3) is 2.80. The quantitative estimate of drug-likeness (QED) is 0.864. The molecule has 1 unspecified atom stereocenters. The molecular weight excluding hydrogens is 352 g/mol. The van der Waals surface area contributed by atoms with E-state index in [4.69, 9.17) is 4.74 Å². The van der Waals surface area contributed by atoms with Gasteiger partial charge in [0.25, 0.3) is 0 Å². The van der Waals surface area contributed by atoms with Crippen LogP contribution in [0.4, 0.5) is 4.79 Å². The van der Waals surface area contributed by atoms with Gasteiger partial charge in [0.15, 0.2) is 0 Å². The average Bonchev–Trinajstić information content (AvgIpc) is 2.76. The van der Waals surface area contributed by atoms with Crippen LogP contribution in [0.1, 0.15) is 26.5 Å². The van der Waals surface area contributed by atoms with Crippen LogP contribution in [0.2, 0.25) is 0 Å². The number of nitrogens with one attached hydrogen (secondary N) is 1. The number of carbonyl (C=O) groups is 1. The minimum atomic E-state index is -0.489. The third-order valence-electron chi connectivity index (χ3n) is 4.00. The maximum absolute atomic E-state index is 12.2. The van der Waals surface area contributed by atoms with Crippen molar-refractivity contribution >= 4 is 33.8 Å². The van der Waals surface area contributed by atoms with E-state index in [2.05, 4.69) is 26.2 Å². The van der Waals surface area contributed by atoms with Crippen molar-refractivity contribution in [1.29, 1.82) is 0 Å². The highest BCUT2D eigenvalue weighted by Gasteiger charge is 2.69. The SMILES string of the molecule is CC(C)(C)OC(=O)NC1(c2ccc(Br)cn2)[C@@H]2CSC[C@@H]21. The fourth-order valence-corrected chi connectivity index (χ4v) is 4.95. The number of fused-ring (bicyclic) bond motifs is 1. The Hall–Kier alpha value is -0.750. The number of rotatable bonds is 2. The molecule has 21 heavy (non-hydrogen) atoms. The van der Waals surface area contributed by atoms with Crippen LogP contribution < -0.4 is 5.32 Å². The molecule has 0 bridgehead atoms. The lowest BCUT2D eigenvalue weighted by Gasteiger charge is -2.25. The standard InChI is InChI=1S/C15H19BrN2O2S/c1-14(2,3)20-13(19)18-15(10-7-21-8-11(10)15)12-5-4-9(16)6-17-12/h4-6,10-11H,7-8H2,1-3H3,(H,18,19)/t10-,11+,15?. The Morgan fingerprint density at radius 3 is 2.62 bits per heavy atom. The van der Waals surface area contributed by atoms with E-state index in [0.717, 1.165) is 21.7 Å². The number of hydrogen-bond donors (Lipinski definition) is 1. The van der Waals surface area contributed by atoms with E-state index in [-0.39, 0.29) is 11.6 Å². The summed E-state index contributed by atoms with van der Waals surface area (Å²) in [5, 5.41) is 3.11. The Balaban J connectivity index is 1.83. The van der Waals surface area contributed by atoms with Gasteiger partial charge in [0.1, 0.15) is 5.60 Å². The number of amides is 1. The van der Waals surface area contributed by atoms with Gasteiger partial charge >= 0.3 is 6.09 Å². The normalized spacial score (nSPS) is 30.7. The molecular formula is C15H19BrN2O2S. The summed E-state index contributed by atoms with van der Waals surface area (Å²) in [6.45, 7) is 5.63. The van der Waals surface area contributed by atoms with Crippen LogP contribution in [-0.4, -0.2) is 28.2 Å². The van der Waals surface area contributed by atoms with Crippen LogP contribution in [0, 0.1) is 11.8 Å². The van der Waals surface area contributed by atoms with Gasteiger partial charge in [-0.25, -0.2) is 4.79 Å². The molecule has 4 nitrogen and oxygen atoms in total. The topological polar surface area (TPSA) is 51.2 Å². The Morgan fingerprint density at radius 2 is 2.10 bits per heavy atom. The number of carbonyl (C=O) groups excluding carboxylic acids is 1. The van der Waals surface area contributed by atoms with Crippen molar-refractivity contribution in [2.45, 2.75) is 31.9 Å². The Morgan fingerprint density at radius 1 is 1.43 bits per heavy atom. The van der Waals surface area contributed by atoms with Crippen LogP contribution in [0.15, 0.2) is 22.8 Å². The molecule has 0 spiro atoms. The summed E-state index contributed by atoms with van der Waals surface area (Å²) in [7, 11) is 0. The fourth-order valence-electron chi connectivity index (χ4n) is 3.08. The smallest absolute Gasteiger partial charge is 0.408 e. The first-order valence-electron chi connectivity index (χ1n) is 7.04. The summed E-state index contributed by atoms with van der Waals surface area (Å²) in [5.74, 6) is 3.06. The number of hydrogen-bond acceptors (Lipinski definition) is 4. The zero-order valence-corrected chi connectivity index (χ0v) is 14.8. The molecule has 2 heterocycles. The van der Waals surface area contributed by atoms with Crippen molar-refractivity contribution in [2.24, 2.45) is 11.8 Å². The average molecular weight is 371 g/mol. The summed E-state index contributed by atoms with van der Waals surface area (Å²) < 4.78 is 6.37. The minimum absolute atomic E-state index is 0.339. The minimum Gasteiger partial charge on any atom is -0.444 e. The Kier molecular flexibility index (Phi) is 3.72. The Labute approximate surface area is 137 Å². The monoisotopic (exact) mass is 370 g/mol. The van der Waals surface area contributed by atoms with Gasteiger partial charge in [-0.15, -0.1) is 0 Å². The molecule has 1 saturated heterocycles. The second kappa shape index (κ2) is 5.16. The lowest BCUT2D eigenvalue weighted by atomic mass is 10.1. The summed E-state index contributed by atoms with van der Waals surface area (Å²) in [5.41, 5.74) is 0.109. The molecule has 6 heteroatoms. The third-order valence-corrected chi connectivity index (χ3v) is 5.66. The predicted octanol–water partition coefficient (Wildman–Crippen LogP) is 3.56. The first kappa shape index (κ1) is 15.2. The molecule has 1 aromatic heterocycles. The van der Waals surface area contributed by atoms with Crippen molar-refractivity contribution in [3.8, 4) is 0 Å². The van der Waals surface area contributed by atoms with Crippen molar-refractivity contribution in [1.82, 2.24) is 10.3 Å². The molecule has 0 radical (unpaired) electrons. The van der Waals surface area contributed by atoms with E-state index < -0.39 is 5.60 Å². The van der Waals surface area contributed by atoms with Crippen LogP contribution in [0.25, 0.3) is 0 Å². The maximum atomic E-state index is 12.2. The molecule has 1 aliphatic carbocycles. The highest BCUT2D eigenvalue weighted by molar-refractivity contribution is 9.10. The number of nitrogens with zero attached hydrogens (tertiary/aromatic N) is 1. The van der Waals surface area contributed by atoms with Crippen LogP contribution in [-0.2, 0) is 10.3 Å². The van der Waals surface area contributed by atoms with E-state index in [9.17, 15) is 4.79 Å². The molecule has 114 valence electrons. The Bertz CT molecular complexity index is 546. The number of pyridine rings is 1. The van der Waals surface area contributed by atoms with Gasteiger partial charge in [-0.05, 0) is 60.3 Å². The number of aromatic nitrogens is 1. The first-order chi connectivity index (χ1) is 9.83. The van der Waals surface area contributed by atoms with Gasteiger partial charge in [0.2, 0.25) is 0 Å². The molecule has 3 atom stereocenters. The molecule has 2 aliphatic rings. The highest BCUT2D eigenvalue weighted by Crippen LogP contribution is 2.63. The summed E-state index contributed by atoms with van der Waals surface area (Å²) in [6.07, 6.45) is 1.43. The van der Waals surface area contributed by atoms with Crippen molar-refractivity contribution in [2.75, 3.05) is 11.5 Å². The number of halogens is 1. The van der Waals surface area contributed by atoms with E-state index in [1.54, 1.807) is 6.20 Å². The molecule has 2 fully saturated rings. The molecule has 1 aromatic rings. The highest BCUT2D eigenvalue weighted by atomic mass is 79.9. The molecule has 3 rings (SSSR count). The fraction of sp³-hybridized carbons (Fsp3) is 0.600. The largest absolute Gasteiger partial charge is 0.444 e. The zero-order chi connectivity index (χ0) is 15.3. The summed E-state index contributed by atoms with van der Waals surface area (Å²) in [6, 6.07) is 3.96. The zero-order valence-electron chi connectivity index (χ0n) is 12.4. The second-order valence-corrected chi connectivity index (χ2v) is 8.60. The van der Waals surface area contributed by atoms with E-state index >= 15 is 0 Å². The van der Waals surface area contributed by atoms with Crippen LogP contribution >= 0.6 is 27.7 Å². The maximum Gasteiger partial charge on any atom is 0.408 e. The van der Waals surface area contributed by atoms with E-state index in [1.807, 2.05) is 44.7 Å². The molecule has 1 saturated carbocycles. The van der Waals surface area contributed by atoms with Gasteiger partial charge in [-0.2, -0.15) is 11.8 Å². The molecule has 1 aliphatic heterocycles. The lowest BCUT2D eigenvalue weighted by Crippen LogP contribution is -2.42.